The number of nitrogens with zero attached hydrogens (tertiary/aromatic N) is 1. The fraction of sp³-hybridized carbons (Fsp3) is 0.606. The summed E-state index contributed by atoms with van der Waals surface area (Å²) in [6.45, 7) is 20.1. The van der Waals surface area contributed by atoms with E-state index in [1.807, 2.05) is 45.7 Å². The molecular weight excluding hydrogens is 584 g/mol. The smallest absolute Gasteiger partial charge is 0.408 e. The summed E-state index contributed by atoms with van der Waals surface area (Å²) in [5.41, 5.74) is 1.71. The van der Waals surface area contributed by atoms with Crippen molar-refractivity contribution in [1.29, 1.82) is 0 Å². The van der Waals surface area contributed by atoms with E-state index in [1.165, 1.54) is 19.3 Å². The third-order valence-electron chi connectivity index (χ3n) is 6.14. The van der Waals surface area contributed by atoms with Crippen molar-refractivity contribution in [3.63, 3.8) is 0 Å². The number of rotatable bonds is 9. The normalized spacial score (nSPS) is 14.8. The van der Waals surface area contributed by atoms with Gasteiger partial charge in [-0.25, -0.2) is 9.59 Å². The number of ether oxygens (including phenoxy) is 1. The van der Waals surface area contributed by atoms with Crippen LogP contribution in [0.2, 0.25) is 0 Å². The molecule has 1 heterocycles. The Labute approximate surface area is 257 Å². The summed E-state index contributed by atoms with van der Waals surface area (Å²) in [4.78, 5) is 37.3. The van der Waals surface area contributed by atoms with Gasteiger partial charge in [0.15, 0.2) is 11.8 Å². The molecule has 7 nitrogen and oxygen atoms in total. The summed E-state index contributed by atoms with van der Waals surface area (Å²) in [5, 5.41) is 11.5. The fourth-order valence-electron chi connectivity index (χ4n) is 3.91. The van der Waals surface area contributed by atoms with E-state index in [9.17, 15) is 19.5 Å². The summed E-state index contributed by atoms with van der Waals surface area (Å²) in [5.74, 6) is 1.82. The van der Waals surface area contributed by atoms with Crippen molar-refractivity contribution in [2.75, 3.05) is 25.5 Å². The summed E-state index contributed by atoms with van der Waals surface area (Å²) in [6.07, 6.45) is 9.94. The van der Waals surface area contributed by atoms with E-state index in [0.29, 0.717) is 12.1 Å². The highest BCUT2D eigenvalue weighted by atomic mass is 79.9. The third kappa shape index (κ3) is 18.6. The minimum absolute atomic E-state index is 0.261. The minimum Gasteiger partial charge on any atom is -0.479 e. The maximum Gasteiger partial charge on any atom is 0.408 e. The van der Waals surface area contributed by atoms with E-state index in [2.05, 4.69) is 46.1 Å². The molecule has 1 aromatic rings. The zero-order valence-corrected chi connectivity index (χ0v) is 28.6. The molecule has 1 unspecified atom stereocenters. The van der Waals surface area contributed by atoms with Gasteiger partial charge in [-0.05, 0) is 84.3 Å². The summed E-state index contributed by atoms with van der Waals surface area (Å²) < 4.78 is 5.05. The van der Waals surface area contributed by atoms with Crippen LogP contribution in [-0.2, 0) is 14.3 Å². The number of nitrogens with one attached hydrogen (secondary N) is 1. The molecule has 8 heteroatoms. The Bertz CT molecular complexity index is 928. The van der Waals surface area contributed by atoms with Crippen LogP contribution < -0.4 is 5.32 Å². The molecule has 41 heavy (non-hydrogen) atoms. The number of allylic oxidation sites excluding steroid dienone is 3. The molecule has 1 saturated heterocycles. The molecule has 0 bridgehead atoms. The lowest BCUT2D eigenvalue weighted by Gasteiger charge is -2.30. The quantitative estimate of drug-likeness (QED) is 0.160. The van der Waals surface area contributed by atoms with E-state index in [-0.39, 0.29) is 5.78 Å². The highest BCUT2D eigenvalue weighted by Gasteiger charge is 2.25. The third-order valence-corrected chi connectivity index (χ3v) is 6.14. The molecule has 1 aromatic carbocycles. The number of carbonyl (C=O) groups excluding carboxylic acids is 2. The number of alkyl halides is 1. The number of carboxylic acid groups (broad SMARTS) is 1. The maximum absolute atomic E-state index is 12.1. The number of alkyl carbamates (subject to hydrolysis) is 1. The van der Waals surface area contributed by atoms with Crippen LogP contribution >= 0.6 is 15.9 Å². The lowest BCUT2D eigenvalue weighted by molar-refractivity contribution is -0.139. The number of carboxylic acids is 1. The number of Topliss-reactive ketones (excluding diaryl/α,β-unsaturated/α-hetero) is 1. The number of carbonyl (C=O) groups is 3. The van der Waals surface area contributed by atoms with Crippen molar-refractivity contribution < 1.29 is 24.2 Å². The monoisotopic (exact) mass is 638 g/mol. The molecule has 0 spiro atoms. The van der Waals surface area contributed by atoms with Gasteiger partial charge in [0.25, 0.3) is 0 Å². The average Bonchev–Trinajstić information content (AvgIpc) is 2.94. The second-order valence-corrected chi connectivity index (χ2v) is 10.4. The first-order valence-corrected chi connectivity index (χ1v) is 16.2. The fourth-order valence-corrected chi connectivity index (χ4v) is 3.91. The van der Waals surface area contributed by atoms with Crippen LogP contribution in [0.1, 0.15) is 98.2 Å². The standard InChI is InChI=1S/C16H27NO.C14H19NO4.C2H6.CH3Br/c1-4-7-8-15(6-3)16(18)13-17-11-9-14(5-2)10-12-17;1-9-5-7-10(8-6-9)11(12(16)17)15-13(18)19-14(2,3)4;2*1-2/h6-8,14H,4-5,9-13H2,1-3H3;5-8,11H,1-4H3,(H,15,18)(H,16,17);1-2H3;1H3/b8-7-,15-6+;;;. The lowest BCUT2D eigenvalue weighted by Crippen LogP contribution is -2.38. The molecule has 0 aromatic heterocycles. The number of piperidine rings is 1. The summed E-state index contributed by atoms with van der Waals surface area (Å²) in [6, 6.07) is 5.82. The van der Waals surface area contributed by atoms with Gasteiger partial charge in [0.2, 0.25) is 0 Å². The number of hydrogen-bond acceptors (Lipinski definition) is 5. The van der Waals surface area contributed by atoms with Crippen LogP contribution in [0, 0.1) is 12.8 Å². The Morgan fingerprint density at radius 2 is 1.63 bits per heavy atom. The van der Waals surface area contributed by atoms with Gasteiger partial charge < -0.3 is 15.2 Å². The Hall–Kier alpha value is -2.45. The SMILES string of the molecule is C/C=C(\C=C/CC)C(=O)CN1CCC(CC)CC1.CBr.CC.Cc1ccc(C(NC(=O)OC(C)(C)C)C(=O)O)cc1. The molecule has 234 valence electrons. The molecule has 1 aliphatic rings. The number of ketones is 1. The number of aryl methyl sites for hydroxylation is 1. The van der Waals surface area contributed by atoms with Crippen molar-refractivity contribution in [1.82, 2.24) is 10.2 Å². The first-order valence-electron chi connectivity index (χ1n) is 14.6. The van der Waals surface area contributed by atoms with Crippen LogP contribution in [0.15, 0.2) is 48.1 Å². The van der Waals surface area contributed by atoms with E-state index >= 15 is 0 Å². The van der Waals surface area contributed by atoms with Crippen LogP contribution in [0.4, 0.5) is 4.79 Å². The number of amides is 1. The molecule has 1 atom stereocenters. The molecular formula is C33H55BrN2O5. The van der Waals surface area contributed by atoms with Gasteiger partial charge in [-0.15, -0.1) is 0 Å². The molecule has 2 rings (SSSR count). The zero-order valence-electron chi connectivity index (χ0n) is 27.1. The predicted molar refractivity (Wildman–Crippen MR) is 175 cm³/mol. The van der Waals surface area contributed by atoms with E-state index in [0.717, 1.165) is 36.6 Å². The van der Waals surface area contributed by atoms with Crippen molar-refractivity contribution >= 4 is 33.8 Å². The molecule has 0 saturated carbocycles. The number of halogens is 1. The Kier molecular flexibility index (Phi) is 23.0. The van der Waals surface area contributed by atoms with Crippen LogP contribution in [0.5, 0.6) is 0 Å². The molecule has 0 aliphatic carbocycles. The van der Waals surface area contributed by atoms with Crippen molar-refractivity contribution in [3.8, 4) is 0 Å². The van der Waals surface area contributed by atoms with Gasteiger partial charge >= 0.3 is 12.1 Å². The minimum atomic E-state index is -1.13. The van der Waals surface area contributed by atoms with Crippen molar-refractivity contribution in [2.45, 2.75) is 99.6 Å². The average molecular weight is 640 g/mol. The van der Waals surface area contributed by atoms with Gasteiger partial charge in [-0.2, -0.15) is 0 Å². The largest absolute Gasteiger partial charge is 0.479 e. The maximum atomic E-state index is 12.1. The molecule has 1 aliphatic heterocycles. The summed E-state index contributed by atoms with van der Waals surface area (Å²) in [7, 11) is 0. The van der Waals surface area contributed by atoms with Crippen LogP contribution in [0.25, 0.3) is 0 Å². The number of hydrogen-bond donors (Lipinski definition) is 2. The summed E-state index contributed by atoms with van der Waals surface area (Å²) >= 11 is 2.94. The number of aliphatic carboxylic acids is 1. The second-order valence-electron chi connectivity index (χ2n) is 10.4. The lowest BCUT2D eigenvalue weighted by atomic mass is 9.94. The Morgan fingerprint density at radius 3 is 2.05 bits per heavy atom. The topological polar surface area (TPSA) is 95.9 Å². The van der Waals surface area contributed by atoms with E-state index < -0.39 is 23.7 Å². The first kappa shape index (κ1) is 40.7. The van der Waals surface area contributed by atoms with Crippen molar-refractivity contribution in [2.24, 2.45) is 5.92 Å². The van der Waals surface area contributed by atoms with Gasteiger partial charge in [-0.1, -0.05) is 98.1 Å². The predicted octanol–water partition coefficient (Wildman–Crippen LogP) is 8.27. The molecule has 0 radical (unpaired) electrons. The number of benzene rings is 1. The molecule has 2 N–H and O–H groups in total. The van der Waals surface area contributed by atoms with Crippen LogP contribution in [-0.4, -0.2) is 58.9 Å². The van der Waals surface area contributed by atoms with Gasteiger partial charge in [0, 0.05) is 5.57 Å². The zero-order chi connectivity index (χ0) is 32.0. The van der Waals surface area contributed by atoms with Gasteiger partial charge in [0.05, 0.1) is 6.54 Å². The highest BCUT2D eigenvalue weighted by molar-refractivity contribution is 9.08. The van der Waals surface area contributed by atoms with E-state index in [1.54, 1.807) is 45.0 Å². The van der Waals surface area contributed by atoms with E-state index in [4.69, 9.17) is 4.74 Å². The van der Waals surface area contributed by atoms with Gasteiger partial charge in [0.1, 0.15) is 5.60 Å². The molecule has 1 fully saturated rings. The Morgan fingerprint density at radius 1 is 1.10 bits per heavy atom. The van der Waals surface area contributed by atoms with Crippen LogP contribution in [0.3, 0.4) is 0 Å². The second kappa shape index (κ2) is 23.1. The first-order chi connectivity index (χ1) is 19.4. The Balaban J connectivity index is 0. The van der Waals surface area contributed by atoms with Gasteiger partial charge in [-0.3, -0.25) is 9.69 Å². The molecule has 1 amide bonds. The number of likely N-dealkylation sites (tertiary alicyclic amines) is 1. The van der Waals surface area contributed by atoms with Crippen molar-refractivity contribution in [3.05, 3.63) is 59.2 Å². The highest BCUT2D eigenvalue weighted by Crippen LogP contribution is 2.20.